The van der Waals surface area contributed by atoms with Crippen LogP contribution < -0.4 is 25.0 Å². The molecule has 8 nitrogen and oxygen atoms in total. The molecule has 0 radical (unpaired) electrons. The second-order valence-corrected chi connectivity index (χ2v) is 8.92. The molecule has 4 rings (SSSR count). The summed E-state index contributed by atoms with van der Waals surface area (Å²) < 4.78 is 24.5. The lowest BCUT2D eigenvalue weighted by atomic mass is 10.0. The summed E-state index contributed by atoms with van der Waals surface area (Å²) in [4.78, 5) is 40.3. The molecule has 0 aliphatic carbocycles. The molecule has 0 bridgehead atoms. The second kappa shape index (κ2) is 9.87. The molecule has 0 aromatic heterocycles. The Labute approximate surface area is 211 Å². The highest BCUT2D eigenvalue weighted by atomic mass is 35.5. The first kappa shape index (κ1) is 25.0. The van der Waals surface area contributed by atoms with Gasteiger partial charge in [0.05, 0.1) is 23.5 Å². The number of ether oxygens (including phenoxy) is 2. The van der Waals surface area contributed by atoms with Crippen molar-refractivity contribution >= 4 is 46.4 Å². The first-order chi connectivity index (χ1) is 17.1. The van der Waals surface area contributed by atoms with Crippen molar-refractivity contribution < 1.29 is 28.2 Å². The number of rotatable bonds is 6. The fourth-order valence-electron chi connectivity index (χ4n) is 3.72. The number of fused-ring (bicyclic) bond motifs is 1. The number of benzene rings is 3. The number of amides is 3. The molecule has 1 heterocycles. The second-order valence-electron chi connectivity index (χ2n) is 8.52. The van der Waals surface area contributed by atoms with Gasteiger partial charge in [0.2, 0.25) is 5.91 Å². The number of nitrogens with one attached hydrogen (secondary N) is 2. The molecule has 0 saturated heterocycles. The predicted octanol–water partition coefficient (Wildman–Crippen LogP) is 4.88. The number of carbonyl (C=O) groups excluding carboxylic acids is 3. The Morgan fingerprint density at radius 1 is 1.08 bits per heavy atom. The van der Waals surface area contributed by atoms with E-state index in [2.05, 4.69) is 10.6 Å². The highest BCUT2D eigenvalue weighted by Crippen LogP contribution is 2.38. The molecule has 36 heavy (non-hydrogen) atoms. The quantitative estimate of drug-likeness (QED) is 0.491. The fraction of sp³-hybridized carbons (Fsp3) is 0.192. The molecule has 10 heteroatoms. The summed E-state index contributed by atoms with van der Waals surface area (Å²) in [5.41, 5.74) is -0.0200. The Morgan fingerprint density at radius 2 is 1.83 bits per heavy atom. The Morgan fingerprint density at radius 3 is 2.56 bits per heavy atom. The molecule has 3 amide bonds. The predicted molar refractivity (Wildman–Crippen MR) is 134 cm³/mol. The third-order valence-electron chi connectivity index (χ3n) is 5.50. The van der Waals surface area contributed by atoms with Gasteiger partial charge in [-0.15, -0.1) is 0 Å². The minimum Gasteiger partial charge on any atom is -0.495 e. The summed E-state index contributed by atoms with van der Waals surface area (Å²) in [6, 6.07) is 15.2. The van der Waals surface area contributed by atoms with Crippen LogP contribution in [0.2, 0.25) is 5.02 Å². The lowest BCUT2D eigenvalue weighted by Gasteiger charge is -2.38. The van der Waals surface area contributed by atoms with Crippen molar-refractivity contribution in [2.45, 2.75) is 19.4 Å². The maximum atomic E-state index is 13.4. The third-order valence-corrected chi connectivity index (χ3v) is 5.79. The van der Waals surface area contributed by atoms with Crippen molar-refractivity contribution in [3.8, 4) is 11.5 Å². The Bertz CT molecular complexity index is 1360. The SMILES string of the molecule is COc1ccccc1NC(=O)CN1C(=O)C(C)(C)Oc2ccc(C(=O)Nc3ccc(F)c(Cl)c3)cc21. The van der Waals surface area contributed by atoms with Gasteiger partial charge in [0, 0.05) is 11.3 Å². The average Bonchev–Trinajstić information content (AvgIpc) is 2.84. The molecule has 1 aliphatic heterocycles. The van der Waals surface area contributed by atoms with E-state index in [4.69, 9.17) is 21.1 Å². The smallest absolute Gasteiger partial charge is 0.271 e. The van der Waals surface area contributed by atoms with Gasteiger partial charge < -0.3 is 20.1 Å². The lowest BCUT2D eigenvalue weighted by Crippen LogP contribution is -2.54. The van der Waals surface area contributed by atoms with Gasteiger partial charge in [-0.25, -0.2) is 4.39 Å². The number of methoxy groups -OCH3 is 1. The number of nitrogens with zero attached hydrogens (tertiary/aromatic N) is 1. The highest BCUT2D eigenvalue weighted by molar-refractivity contribution is 6.31. The van der Waals surface area contributed by atoms with Gasteiger partial charge in [-0.05, 0) is 62.4 Å². The van der Waals surface area contributed by atoms with Crippen LogP contribution in [-0.4, -0.2) is 37.0 Å². The van der Waals surface area contributed by atoms with Gasteiger partial charge in [0.1, 0.15) is 23.9 Å². The number of para-hydroxylation sites is 2. The Kier molecular flexibility index (Phi) is 6.85. The highest BCUT2D eigenvalue weighted by Gasteiger charge is 2.42. The fourth-order valence-corrected chi connectivity index (χ4v) is 3.90. The topological polar surface area (TPSA) is 97.0 Å². The molecule has 3 aromatic rings. The van der Waals surface area contributed by atoms with Gasteiger partial charge in [0.25, 0.3) is 11.8 Å². The van der Waals surface area contributed by atoms with Crippen LogP contribution >= 0.6 is 11.6 Å². The lowest BCUT2D eigenvalue weighted by molar-refractivity contribution is -0.133. The number of hydrogen-bond donors (Lipinski definition) is 2. The van der Waals surface area contributed by atoms with E-state index in [1.54, 1.807) is 44.2 Å². The first-order valence-electron chi connectivity index (χ1n) is 10.9. The van der Waals surface area contributed by atoms with E-state index in [9.17, 15) is 18.8 Å². The van der Waals surface area contributed by atoms with Crippen molar-refractivity contribution in [3.63, 3.8) is 0 Å². The largest absolute Gasteiger partial charge is 0.495 e. The van der Waals surface area contributed by atoms with Gasteiger partial charge >= 0.3 is 0 Å². The number of hydrogen-bond acceptors (Lipinski definition) is 5. The van der Waals surface area contributed by atoms with Crippen LogP contribution in [-0.2, 0) is 9.59 Å². The summed E-state index contributed by atoms with van der Waals surface area (Å²) in [6.45, 7) is 2.87. The molecule has 1 aliphatic rings. The van der Waals surface area contributed by atoms with E-state index in [1.807, 2.05) is 0 Å². The van der Waals surface area contributed by atoms with Gasteiger partial charge in [-0.3, -0.25) is 19.3 Å². The van der Waals surface area contributed by atoms with Crippen LogP contribution in [0.5, 0.6) is 11.5 Å². The molecule has 0 fully saturated rings. The van der Waals surface area contributed by atoms with Crippen molar-refractivity contribution in [1.29, 1.82) is 0 Å². The maximum absolute atomic E-state index is 13.4. The van der Waals surface area contributed by atoms with Crippen molar-refractivity contribution in [3.05, 3.63) is 77.1 Å². The van der Waals surface area contributed by atoms with Gasteiger partial charge in [-0.1, -0.05) is 23.7 Å². The van der Waals surface area contributed by atoms with Crippen molar-refractivity contribution in [1.82, 2.24) is 0 Å². The zero-order valence-electron chi connectivity index (χ0n) is 19.7. The first-order valence-corrected chi connectivity index (χ1v) is 11.3. The van der Waals surface area contributed by atoms with E-state index in [1.165, 1.54) is 36.3 Å². The number of carbonyl (C=O) groups is 3. The average molecular weight is 512 g/mol. The minimum absolute atomic E-state index is 0.133. The zero-order chi connectivity index (χ0) is 26.0. The molecule has 0 saturated carbocycles. The van der Waals surface area contributed by atoms with Crippen LogP contribution in [0.15, 0.2) is 60.7 Å². The van der Waals surface area contributed by atoms with Crippen LogP contribution in [0.1, 0.15) is 24.2 Å². The minimum atomic E-state index is -1.23. The van der Waals surface area contributed by atoms with Crippen molar-refractivity contribution in [2.75, 3.05) is 29.2 Å². The summed E-state index contributed by atoms with van der Waals surface area (Å²) in [6.07, 6.45) is 0. The van der Waals surface area contributed by atoms with E-state index in [0.29, 0.717) is 22.9 Å². The Balaban J connectivity index is 1.61. The van der Waals surface area contributed by atoms with Crippen LogP contribution in [0.4, 0.5) is 21.5 Å². The molecule has 0 atom stereocenters. The van der Waals surface area contributed by atoms with E-state index < -0.39 is 29.1 Å². The van der Waals surface area contributed by atoms with Crippen LogP contribution in [0.25, 0.3) is 0 Å². The van der Waals surface area contributed by atoms with Crippen molar-refractivity contribution in [2.24, 2.45) is 0 Å². The molecular weight excluding hydrogens is 489 g/mol. The maximum Gasteiger partial charge on any atom is 0.271 e. The molecular formula is C26H23ClFN3O5. The van der Waals surface area contributed by atoms with E-state index in [0.717, 1.165) is 6.07 Å². The normalized spacial score (nSPS) is 13.9. The summed E-state index contributed by atoms with van der Waals surface area (Å²) >= 11 is 5.79. The van der Waals surface area contributed by atoms with E-state index >= 15 is 0 Å². The number of anilines is 3. The van der Waals surface area contributed by atoms with Gasteiger partial charge in [-0.2, -0.15) is 0 Å². The summed E-state index contributed by atoms with van der Waals surface area (Å²) in [7, 11) is 1.49. The molecule has 0 unspecified atom stereocenters. The van der Waals surface area contributed by atoms with Crippen LogP contribution in [0.3, 0.4) is 0 Å². The molecule has 0 spiro atoms. The Hall–Kier alpha value is -4.11. The number of halogens is 2. The van der Waals surface area contributed by atoms with Gasteiger partial charge in [0.15, 0.2) is 5.60 Å². The standard InChI is InChI=1S/C26H23ClFN3O5/c1-26(2)25(34)31(14-23(32)30-19-6-4-5-7-21(19)35-3)20-12-15(8-11-22(20)36-26)24(33)29-16-9-10-18(28)17(27)13-16/h4-13H,14H2,1-3H3,(H,29,33)(H,30,32). The summed E-state index contributed by atoms with van der Waals surface area (Å²) in [5, 5.41) is 5.25. The molecule has 3 aromatic carbocycles. The monoisotopic (exact) mass is 511 g/mol. The molecule has 186 valence electrons. The zero-order valence-corrected chi connectivity index (χ0v) is 20.5. The van der Waals surface area contributed by atoms with Crippen LogP contribution in [0, 0.1) is 5.82 Å². The summed E-state index contributed by atoms with van der Waals surface area (Å²) in [5.74, 6) is -1.23. The third kappa shape index (κ3) is 5.11. The van der Waals surface area contributed by atoms with E-state index in [-0.39, 0.29) is 22.8 Å². The molecule has 2 N–H and O–H groups in total.